The molecule has 0 saturated carbocycles. The highest BCUT2D eigenvalue weighted by atomic mass is 32.1. The molecule has 0 fully saturated rings. The molecule has 0 unspecified atom stereocenters. The van der Waals surface area contributed by atoms with Crippen molar-refractivity contribution in [1.29, 1.82) is 0 Å². The minimum absolute atomic E-state index is 0.0860. The van der Waals surface area contributed by atoms with Crippen molar-refractivity contribution in [1.82, 2.24) is 4.57 Å². The summed E-state index contributed by atoms with van der Waals surface area (Å²) in [5.41, 5.74) is 0.893. The zero-order chi connectivity index (χ0) is 11.8. The van der Waals surface area contributed by atoms with Crippen LogP contribution in [0.3, 0.4) is 0 Å². The SMILES string of the molecule is C[C@H](C(=O)O)n1c(C(C)(C)C)csc1=S. The van der Waals surface area contributed by atoms with Crippen molar-refractivity contribution in [3.8, 4) is 0 Å². The number of carboxylic acids is 1. The van der Waals surface area contributed by atoms with Gasteiger partial charge in [-0.15, -0.1) is 11.3 Å². The number of aromatic nitrogens is 1. The van der Waals surface area contributed by atoms with E-state index in [-0.39, 0.29) is 5.41 Å². The van der Waals surface area contributed by atoms with Crippen LogP contribution in [0.2, 0.25) is 0 Å². The van der Waals surface area contributed by atoms with E-state index >= 15 is 0 Å². The molecule has 3 nitrogen and oxygen atoms in total. The van der Waals surface area contributed by atoms with Crippen molar-refractivity contribution >= 4 is 29.5 Å². The second-order valence-corrected chi connectivity index (χ2v) is 6.02. The second-order valence-electron chi connectivity index (χ2n) is 4.52. The van der Waals surface area contributed by atoms with Gasteiger partial charge in [-0.1, -0.05) is 20.8 Å². The van der Waals surface area contributed by atoms with E-state index in [1.807, 2.05) is 5.38 Å². The molecule has 0 aliphatic carbocycles. The number of aliphatic carboxylic acids is 1. The Hall–Kier alpha value is -0.680. The van der Waals surface area contributed by atoms with E-state index in [1.54, 1.807) is 11.5 Å². The molecule has 0 aliphatic rings. The van der Waals surface area contributed by atoms with Crippen LogP contribution < -0.4 is 0 Å². The molecule has 1 aromatic heterocycles. The Morgan fingerprint density at radius 3 is 2.53 bits per heavy atom. The molecule has 15 heavy (non-hydrogen) atoms. The first-order valence-corrected chi connectivity index (χ1v) is 5.97. The van der Waals surface area contributed by atoms with Gasteiger partial charge in [-0.25, -0.2) is 4.79 Å². The molecule has 0 radical (unpaired) electrons. The Morgan fingerprint density at radius 1 is 1.60 bits per heavy atom. The third-order valence-corrected chi connectivity index (χ3v) is 3.47. The van der Waals surface area contributed by atoms with Crippen molar-refractivity contribution in [2.45, 2.75) is 39.2 Å². The summed E-state index contributed by atoms with van der Waals surface area (Å²) in [6.07, 6.45) is 0. The first-order chi connectivity index (χ1) is 6.75. The number of rotatable bonds is 2. The van der Waals surface area contributed by atoms with Crippen LogP contribution in [0.15, 0.2) is 5.38 Å². The molecule has 84 valence electrons. The van der Waals surface area contributed by atoms with Crippen LogP contribution in [-0.4, -0.2) is 15.6 Å². The smallest absolute Gasteiger partial charge is 0.326 e. The van der Waals surface area contributed by atoms with Gasteiger partial charge in [-0.2, -0.15) is 0 Å². The van der Waals surface area contributed by atoms with Crippen molar-refractivity contribution < 1.29 is 9.90 Å². The lowest BCUT2D eigenvalue weighted by Crippen LogP contribution is -2.24. The Labute approximate surface area is 98.4 Å². The largest absolute Gasteiger partial charge is 0.480 e. The van der Waals surface area contributed by atoms with Gasteiger partial charge in [0, 0.05) is 16.5 Å². The molecule has 0 amide bonds. The summed E-state index contributed by atoms with van der Waals surface area (Å²) in [6, 6.07) is -0.599. The lowest BCUT2D eigenvalue weighted by atomic mass is 9.92. The fourth-order valence-corrected chi connectivity index (χ4v) is 2.78. The van der Waals surface area contributed by atoms with Gasteiger partial charge in [0.15, 0.2) is 3.95 Å². The monoisotopic (exact) mass is 245 g/mol. The summed E-state index contributed by atoms with van der Waals surface area (Å²) in [5, 5.41) is 11.0. The number of carbonyl (C=O) groups is 1. The standard InChI is InChI=1S/C10H15NO2S2/c1-6(8(12)13)11-7(10(2,3)4)5-15-9(11)14/h5-6H,1-4H3,(H,12,13)/t6-/m1/s1. The van der Waals surface area contributed by atoms with E-state index in [9.17, 15) is 4.79 Å². The molecule has 0 bridgehead atoms. The first kappa shape index (κ1) is 12.4. The van der Waals surface area contributed by atoms with Crippen molar-refractivity contribution in [3.63, 3.8) is 0 Å². The lowest BCUT2D eigenvalue weighted by molar-refractivity contribution is -0.140. The van der Waals surface area contributed by atoms with Crippen LogP contribution in [0.1, 0.15) is 39.4 Å². The number of thiazole rings is 1. The molecule has 0 aliphatic heterocycles. The van der Waals surface area contributed by atoms with Crippen molar-refractivity contribution in [2.75, 3.05) is 0 Å². The molecular formula is C10H15NO2S2. The molecule has 1 atom stereocenters. The summed E-state index contributed by atoms with van der Waals surface area (Å²) < 4.78 is 2.34. The Bertz CT molecular complexity index is 425. The number of hydrogen-bond donors (Lipinski definition) is 1. The minimum Gasteiger partial charge on any atom is -0.480 e. The summed E-state index contributed by atoms with van der Waals surface area (Å²) in [6.45, 7) is 7.80. The third-order valence-electron chi connectivity index (χ3n) is 2.24. The van der Waals surface area contributed by atoms with Gasteiger partial charge in [0.2, 0.25) is 0 Å². The molecule has 1 aromatic rings. The third kappa shape index (κ3) is 2.46. The highest BCUT2D eigenvalue weighted by molar-refractivity contribution is 7.73. The van der Waals surface area contributed by atoms with Gasteiger partial charge in [0.1, 0.15) is 6.04 Å². The average Bonchev–Trinajstić information content (AvgIpc) is 2.44. The van der Waals surface area contributed by atoms with E-state index in [0.29, 0.717) is 3.95 Å². The van der Waals surface area contributed by atoms with Crippen LogP contribution in [0.25, 0.3) is 0 Å². The summed E-state index contributed by atoms with van der Waals surface area (Å²) >= 11 is 6.57. The zero-order valence-corrected chi connectivity index (χ0v) is 10.9. The number of nitrogens with zero attached hydrogens (tertiary/aromatic N) is 1. The van der Waals surface area contributed by atoms with Crippen LogP contribution in [-0.2, 0) is 10.2 Å². The van der Waals surface area contributed by atoms with E-state index in [0.717, 1.165) is 5.69 Å². The Kier molecular flexibility index (Phi) is 3.35. The van der Waals surface area contributed by atoms with E-state index in [4.69, 9.17) is 17.3 Å². The molecule has 1 heterocycles. The predicted molar refractivity (Wildman–Crippen MR) is 64.2 cm³/mol. The molecular weight excluding hydrogens is 230 g/mol. The summed E-state index contributed by atoms with van der Waals surface area (Å²) in [7, 11) is 0. The van der Waals surface area contributed by atoms with Gasteiger partial charge in [0.25, 0.3) is 0 Å². The Morgan fingerprint density at radius 2 is 2.13 bits per heavy atom. The fourth-order valence-electron chi connectivity index (χ4n) is 1.33. The second kappa shape index (κ2) is 4.06. The minimum atomic E-state index is -0.852. The normalized spacial score (nSPS) is 13.9. The van der Waals surface area contributed by atoms with Gasteiger partial charge < -0.3 is 9.67 Å². The quantitative estimate of drug-likeness (QED) is 0.813. The van der Waals surface area contributed by atoms with Crippen molar-refractivity contribution in [2.24, 2.45) is 0 Å². The maximum atomic E-state index is 11.0. The maximum Gasteiger partial charge on any atom is 0.326 e. The number of carboxylic acid groups (broad SMARTS) is 1. The molecule has 1 N–H and O–H groups in total. The molecule has 1 rings (SSSR count). The highest BCUT2D eigenvalue weighted by Gasteiger charge is 2.24. The van der Waals surface area contributed by atoms with E-state index in [2.05, 4.69) is 20.8 Å². The van der Waals surface area contributed by atoms with Gasteiger partial charge in [-0.05, 0) is 19.1 Å². The molecule has 0 saturated heterocycles. The number of hydrogen-bond acceptors (Lipinski definition) is 3. The molecule has 0 aromatic carbocycles. The first-order valence-electron chi connectivity index (χ1n) is 4.68. The highest BCUT2D eigenvalue weighted by Crippen LogP contribution is 2.28. The maximum absolute atomic E-state index is 11.0. The van der Waals surface area contributed by atoms with Crippen LogP contribution in [0.5, 0.6) is 0 Å². The fraction of sp³-hybridized carbons (Fsp3) is 0.600. The van der Waals surface area contributed by atoms with Crippen LogP contribution in [0.4, 0.5) is 0 Å². The average molecular weight is 245 g/mol. The van der Waals surface area contributed by atoms with Crippen molar-refractivity contribution in [3.05, 3.63) is 15.0 Å². The van der Waals surface area contributed by atoms with Crippen LogP contribution >= 0.6 is 23.6 Å². The van der Waals surface area contributed by atoms with Gasteiger partial charge >= 0.3 is 5.97 Å². The molecule has 0 spiro atoms. The lowest BCUT2D eigenvalue weighted by Gasteiger charge is -2.23. The zero-order valence-electron chi connectivity index (χ0n) is 9.27. The Balaban J connectivity index is 3.34. The van der Waals surface area contributed by atoms with Crippen LogP contribution in [0, 0.1) is 3.95 Å². The van der Waals surface area contributed by atoms with Gasteiger partial charge in [0.05, 0.1) is 0 Å². The summed E-state index contributed by atoms with van der Waals surface area (Å²) in [5.74, 6) is -0.852. The van der Waals surface area contributed by atoms with Gasteiger partial charge in [-0.3, -0.25) is 0 Å². The summed E-state index contributed by atoms with van der Waals surface area (Å²) in [4.78, 5) is 11.0. The van der Waals surface area contributed by atoms with E-state index in [1.165, 1.54) is 11.3 Å². The topological polar surface area (TPSA) is 42.2 Å². The molecule has 5 heteroatoms. The predicted octanol–water partition coefficient (Wildman–Crippen LogP) is 3.22. The van der Waals surface area contributed by atoms with E-state index < -0.39 is 12.0 Å².